The largest absolute Gasteiger partial charge is 0.480 e. The number of nitrogens with zero attached hydrogens (tertiary/aromatic N) is 1. The summed E-state index contributed by atoms with van der Waals surface area (Å²) in [5, 5.41) is 14.0. The second-order valence-electron chi connectivity index (χ2n) is 5.42. The summed E-state index contributed by atoms with van der Waals surface area (Å²) in [6.07, 6.45) is 1.69. The summed E-state index contributed by atoms with van der Waals surface area (Å²) in [7, 11) is 0. The first-order valence-electron chi connectivity index (χ1n) is 6.76. The lowest BCUT2D eigenvalue weighted by Gasteiger charge is -2.44. The number of rotatable bonds is 5. The van der Waals surface area contributed by atoms with Crippen LogP contribution < -0.4 is 16.4 Å². The van der Waals surface area contributed by atoms with Crippen LogP contribution in [0.3, 0.4) is 0 Å². The van der Waals surface area contributed by atoms with Gasteiger partial charge in [-0.1, -0.05) is 0 Å². The van der Waals surface area contributed by atoms with Crippen molar-refractivity contribution in [3.05, 3.63) is 0 Å². The number of carboxylic acid groups (broad SMARTS) is 1. The molecule has 3 amide bonds. The van der Waals surface area contributed by atoms with E-state index in [4.69, 9.17) is 10.8 Å². The van der Waals surface area contributed by atoms with Gasteiger partial charge < -0.3 is 26.4 Å². The minimum absolute atomic E-state index is 0.0422. The van der Waals surface area contributed by atoms with Crippen LogP contribution in [-0.2, 0) is 9.59 Å². The minimum Gasteiger partial charge on any atom is -0.480 e. The van der Waals surface area contributed by atoms with Gasteiger partial charge >= 0.3 is 12.0 Å². The number of hydrogen-bond acceptors (Lipinski definition) is 4. The molecule has 0 spiro atoms. The molecule has 0 radical (unpaired) electrons. The first kappa shape index (κ1) is 14.6. The van der Waals surface area contributed by atoms with Gasteiger partial charge in [0.2, 0.25) is 5.91 Å². The molecule has 3 aliphatic rings. The molecule has 2 unspecified atom stereocenters. The molecule has 0 saturated carbocycles. The lowest BCUT2D eigenvalue weighted by atomic mass is 9.84. The maximum atomic E-state index is 11.8. The molecule has 3 aliphatic heterocycles. The van der Waals surface area contributed by atoms with Crippen molar-refractivity contribution in [2.75, 3.05) is 19.6 Å². The summed E-state index contributed by atoms with van der Waals surface area (Å²) >= 11 is 0. The highest BCUT2D eigenvalue weighted by Crippen LogP contribution is 2.27. The number of carbonyl (C=O) groups is 3. The molecule has 20 heavy (non-hydrogen) atoms. The Kier molecular flexibility index (Phi) is 4.43. The summed E-state index contributed by atoms with van der Waals surface area (Å²) in [5.74, 6) is -1.58. The Labute approximate surface area is 116 Å². The number of primary amides is 1. The Morgan fingerprint density at radius 3 is 2.40 bits per heavy atom. The molecule has 0 aromatic carbocycles. The van der Waals surface area contributed by atoms with Crippen LogP contribution >= 0.6 is 0 Å². The van der Waals surface area contributed by atoms with E-state index in [0.29, 0.717) is 5.92 Å². The second-order valence-corrected chi connectivity index (χ2v) is 5.42. The second kappa shape index (κ2) is 6.08. The van der Waals surface area contributed by atoms with Gasteiger partial charge in [0.1, 0.15) is 6.04 Å². The SMILES string of the molecule is NC(=O)CC(NC(=O)NC1CN2CCC1CC2)C(=O)O. The number of piperidine rings is 3. The van der Waals surface area contributed by atoms with E-state index >= 15 is 0 Å². The van der Waals surface area contributed by atoms with Crippen molar-refractivity contribution >= 4 is 17.9 Å². The summed E-state index contributed by atoms with van der Waals surface area (Å²) in [4.78, 5) is 35.8. The lowest BCUT2D eigenvalue weighted by molar-refractivity contribution is -0.140. The van der Waals surface area contributed by atoms with E-state index in [2.05, 4.69) is 15.5 Å². The highest BCUT2D eigenvalue weighted by molar-refractivity contribution is 5.87. The van der Waals surface area contributed by atoms with Crippen LogP contribution in [0.5, 0.6) is 0 Å². The minimum atomic E-state index is -1.28. The van der Waals surface area contributed by atoms with Crippen molar-refractivity contribution in [1.29, 1.82) is 0 Å². The van der Waals surface area contributed by atoms with Gasteiger partial charge in [0, 0.05) is 12.6 Å². The monoisotopic (exact) mass is 284 g/mol. The van der Waals surface area contributed by atoms with Gasteiger partial charge in [-0.3, -0.25) is 4.79 Å². The number of carboxylic acids is 1. The number of nitrogens with two attached hydrogens (primary N) is 1. The number of nitrogens with one attached hydrogen (secondary N) is 2. The van der Waals surface area contributed by atoms with Gasteiger partial charge in [0.15, 0.2) is 0 Å². The molecule has 0 aromatic rings. The smallest absolute Gasteiger partial charge is 0.326 e. The average molecular weight is 284 g/mol. The first-order chi connectivity index (χ1) is 9.45. The molecule has 8 heteroatoms. The molecule has 112 valence electrons. The fourth-order valence-corrected chi connectivity index (χ4v) is 2.90. The summed E-state index contributed by atoms with van der Waals surface area (Å²) in [5.41, 5.74) is 4.96. The van der Waals surface area contributed by atoms with Crippen molar-refractivity contribution in [2.45, 2.75) is 31.3 Å². The van der Waals surface area contributed by atoms with Crippen LogP contribution in [0.4, 0.5) is 4.79 Å². The number of hydrogen-bond donors (Lipinski definition) is 4. The third kappa shape index (κ3) is 3.60. The molecule has 0 aromatic heterocycles. The van der Waals surface area contributed by atoms with Gasteiger partial charge in [0.05, 0.1) is 6.42 Å². The number of urea groups is 1. The van der Waals surface area contributed by atoms with Crippen molar-refractivity contribution in [2.24, 2.45) is 11.7 Å². The number of carbonyl (C=O) groups excluding carboxylic acids is 2. The van der Waals surface area contributed by atoms with Gasteiger partial charge in [-0.25, -0.2) is 9.59 Å². The first-order valence-corrected chi connectivity index (χ1v) is 6.76. The molecule has 8 nitrogen and oxygen atoms in total. The zero-order valence-corrected chi connectivity index (χ0v) is 11.2. The van der Waals surface area contributed by atoms with Crippen LogP contribution in [0.2, 0.25) is 0 Å². The predicted octanol–water partition coefficient (Wildman–Crippen LogP) is -1.29. The quantitative estimate of drug-likeness (QED) is 0.500. The standard InChI is InChI=1S/C12H20N4O4/c13-10(17)5-8(11(18)19)14-12(20)15-9-6-16-3-1-7(9)2-4-16/h7-9H,1-6H2,(H2,13,17)(H,18,19)(H2,14,15,20). The summed E-state index contributed by atoms with van der Waals surface area (Å²) in [6, 6.07) is -1.80. The van der Waals surface area contributed by atoms with Gasteiger partial charge in [-0.05, 0) is 31.8 Å². The predicted molar refractivity (Wildman–Crippen MR) is 69.9 cm³/mol. The van der Waals surface area contributed by atoms with Crippen LogP contribution in [0, 0.1) is 5.92 Å². The highest BCUT2D eigenvalue weighted by Gasteiger charge is 2.35. The van der Waals surface area contributed by atoms with Crippen molar-refractivity contribution in [3.63, 3.8) is 0 Å². The zero-order chi connectivity index (χ0) is 14.7. The van der Waals surface area contributed by atoms with Crippen molar-refractivity contribution in [3.8, 4) is 0 Å². The number of fused-ring (bicyclic) bond motifs is 3. The molecule has 0 aliphatic carbocycles. The van der Waals surface area contributed by atoms with E-state index in [1.54, 1.807) is 0 Å². The van der Waals surface area contributed by atoms with E-state index in [0.717, 1.165) is 32.5 Å². The van der Waals surface area contributed by atoms with Crippen molar-refractivity contribution < 1.29 is 19.5 Å². The zero-order valence-electron chi connectivity index (χ0n) is 11.2. The molecular formula is C12H20N4O4. The molecule has 3 saturated heterocycles. The van der Waals surface area contributed by atoms with E-state index in [1.165, 1.54) is 0 Å². The average Bonchev–Trinajstić information content (AvgIpc) is 2.38. The van der Waals surface area contributed by atoms with E-state index in [-0.39, 0.29) is 6.04 Å². The van der Waals surface area contributed by atoms with E-state index in [9.17, 15) is 14.4 Å². The van der Waals surface area contributed by atoms with Gasteiger partial charge in [0.25, 0.3) is 0 Å². The van der Waals surface area contributed by atoms with Crippen LogP contribution in [0.15, 0.2) is 0 Å². The molecule has 5 N–H and O–H groups in total. The maximum Gasteiger partial charge on any atom is 0.326 e. The molecular weight excluding hydrogens is 264 g/mol. The third-order valence-electron chi connectivity index (χ3n) is 3.98. The fourth-order valence-electron chi connectivity index (χ4n) is 2.90. The summed E-state index contributed by atoms with van der Waals surface area (Å²) in [6.45, 7) is 2.92. The fraction of sp³-hybridized carbons (Fsp3) is 0.750. The highest BCUT2D eigenvalue weighted by atomic mass is 16.4. The number of aliphatic carboxylic acids is 1. The van der Waals surface area contributed by atoms with Crippen LogP contribution in [0.1, 0.15) is 19.3 Å². The Balaban J connectivity index is 1.85. The molecule has 3 rings (SSSR count). The van der Waals surface area contributed by atoms with Gasteiger partial charge in [-0.2, -0.15) is 0 Å². The molecule has 2 atom stereocenters. The normalized spacial score (nSPS) is 29.5. The maximum absolute atomic E-state index is 11.8. The molecule has 3 fully saturated rings. The molecule has 3 heterocycles. The van der Waals surface area contributed by atoms with E-state index < -0.39 is 30.4 Å². The number of amides is 3. The van der Waals surface area contributed by atoms with Gasteiger partial charge in [-0.15, -0.1) is 0 Å². The molecule has 2 bridgehead atoms. The Morgan fingerprint density at radius 2 is 1.95 bits per heavy atom. The Morgan fingerprint density at radius 1 is 1.30 bits per heavy atom. The Bertz CT molecular complexity index is 406. The van der Waals surface area contributed by atoms with Crippen LogP contribution in [-0.4, -0.2) is 59.6 Å². The summed E-state index contributed by atoms with van der Waals surface area (Å²) < 4.78 is 0. The Hall–Kier alpha value is -1.83. The third-order valence-corrected chi connectivity index (χ3v) is 3.98. The van der Waals surface area contributed by atoms with Crippen molar-refractivity contribution in [1.82, 2.24) is 15.5 Å². The van der Waals surface area contributed by atoms with Crippen LogP contribution in [0.25, 0.3) is 0 Å². The van der Waals surface area contributed by atoms with E-state index in [1.807, 2.05) is 0 Å². The lowest BCUT2D eigenvalue weighted by Crippen LogP contribution is -2.60. The topological polar surface area (TPSA) is 125 Å².